The van der Waals surface area contributed by atoms with Crippen molar-refractivity contribution in [3.63, 3.8) is 0 Å². The number of hydrogen-bond donors (Lipinski definition) is 1. The number of nitrogens with one attached hydrogen (secondary N) is 1. The van der Waals surface area contributed by atoms with Crippen molar-refractivity contribution in [1.82, 2.24) is 20.1 Å². The van der Waals surface area contributed by atoms with Gasteiger partial charge >= 0.3 is 0 Å². The largest absolute Gasteiger partial charge is 0.352 e. The van der Waals surface area contributed by atoms with Crippen molar-refractivity contribution in [2.75, 3.05) is 17.3 Å². The molecule has 1 aliphatic heterocycles. The lowest BCUT2D eigenvalue weighted by Gasteiger charge is -2.19. The predicted octanol–water partition coefficient (Wildman–Crippen LogP) is 3.10. The highest BCUT2D eigenvalue weighted by Gasteiger charge is 2.29. The molecule has 1 saturated heterocycles. The third-order valence-corrected chi connectivity index (χ3v) is 9.91. The number of fused-ring (bicyclic) bond motifs is 1. The highest BCUT2D eigenvalue weighted by Crippen LogP contribution is 2.38. The molecule has 1 aliphatic carbocycles. The minimum absolute atomic E-state index is 0.0299. The third kappa shape index (κ3) is 5.23. The average Bonchev–Trinajstić information content (AvgIpc) is 3.42. The minimum atomic E-state index is -3.01. The van der Waals surface area contributed by atoms with Gasteiger partial charge in [0.15, 0.2) is 20.8 Å². The van der Waals surface area contributed by atoms with E-state index in [4.69, 9.17) is 0 Å². The first-order valence-electron chi connectivity index (χ1n) is 10.7. The molecule has 3 heterocycles. The molecule has 0 radical (unpaired) electrons. The van der Waals surface area contributed by atoms with Crippen LogP contribution in [0, 0.1) is 5.92 Å². The Kier molecular flexibility index (Phi) is 6.88. The predicted molar refractivity (Wildman–Crippen MR) is 125 cm³/mol. The molecule has 10 heteroatoms. The SMILES string of the molecule is C=CCn1c(SCC(=O)N[C@@H]2CCS(=O)(=O)C2)nnc1-c1cc2c(s1)CC[C@H](CC)C2. The summed E-state index contributed by atoms with van der Waals surface area (Å²) in [7, 11) is -3.01. The van der Waals surface area contributed by atoms with Gasteiger partial charge in [0.2, 0.25) is 5.91 Å². The second-order valence-corrected chi connectivity index (χ2v) is 12.5. The van der Waals surface area contributed by atoms with Gasteiger partial charge in [0.1, 0.15) is 0 Å². The van der Waals surface area contributed by atoms with Gasteiger partial charge in [0.05, 0.1) is 22.1 Å². The van der Waals surface area contributed by atoms with E-state index in [1.54, 1.807) is 17.4 Å². The van der Waals surface area contributed by atoms with E-state index in [9.17, 15) is 13.2 Å². The second kappa shape index (κ2) is 9.46. The first-order chi connectivity index (χ1) is 14.9. The van der Waals surface area contributed by atoms with Gasteiger partial charge in [0.25, 0.3) is 0 Å². The van der Waals surface area contributed by atoms with Crippen LogP contribution in [0.4, 0.5) is 0 Å². The van der Waals surface area contributed by atoms with E-state index in [0.29, 0.717) is 18.1 Å². The molecule has 0 unspecified atom stereocenters. The Morgan fingerprint density at radius 2 is 2.26 bits per heavy atom. The number of thiophene rings is 1. The Morgan fingerprint density at radius 3 is 2.97 bits per heavy atom. The van der Waals surface area contributed by atoms with Gasteiger partial charge < -0.3 is 5.32 Å². The van der Waals surface area contributed by atoms with Crippen LogP contribution in [-0.4, -0.2) is 52.4 Å². The quantitative estimate of drug-likeness (QED) is 0.461. The van der Waals surface area contributed by atoms with Crippen LogP contribution < -0.4 is 5.32 Å². The van der Waals surface area contributed by atoms with Crippen LogP contribution in [-0.2, 0) is 34.0 Å². The monoisotopic (exact) mass is 480 g/mol. The maximum atomic E-state index is 12.3. The Balaban J connectivity index is 1.45. The molecule has 2 aromatic heterocycles. The van der Waals surface area contributed by atoms with E-state index in [2.05, 4.69) is 35.1 Å². The molecule has 0 bridgehead atoms. The topological polar surface area (TPSA) is 94.0 Å². The first kappa shape index (κ1) is 22.5. The molecule has 2 aromatic rings. The molecule has 2 aliphatic rings. The average molecular weight is 481 g/mol. The molecule has 7 nitrogen and oxygen atoms in total. The third-order valence-electron chi connectivity index (χ3n) is 5.94. The molecule has 31 heavy (non-hydrogen) atoms. The van der Waals surface area contributed by atoms with Crippen molar-refractivity contribution in [2.24, 2.45) is 5.92 Å². The van der Waals surface area contributed by atoms with Gasteiger partial charge in [-0.05, 0) is 43.2 Å². The highest BCUT2D eigenvalue weighted by atomic mass is 32.2. The number of nitrogens with zero attached hydrogens (tertiary/aromatic N) is 3. The normalized spacial score (nSPS) is 22.2. The van der Waals surface area contributed by atoms with Crippen LogP contribution in [0.1, 0.15) is 36.6 Å². The lowest BCUT2D eigenvalue weighted by Crippen LogP contribution is -2.36. The van der Waals surface area contributed by atoms with Gasteiger partial charge in [-0.25, -0.2) is 8.42 Å². The van der Waals surface area contributed by atoms with Crippen LogP contribution in [0.5, 0.6) is 0 Å². The number of hydrogen-bond acceptors (Lipinski definition) is 7. The van der Waals surface area contributed by atoms with Crippen LogP contribution in [0.3, 0.4) is 0 Å². The molecule has 4 rings (SSSR count). The van der Waals surface area contributed by atoms with Crippen molar-refractivity contribution in [3.05, 3.63) is 29.2 Å². The molecule has 0 saturated carbocycles. The summed E-state index contributed by atoms with van der Waals surface area (Å²) in [6, 6.07) is 1.97. The summed E-state index contributed by atoms with van der Waals surface area (Å²) in [4.78, 5) is 14.9. The number of sulfone groups is 1. The van der Waals surface area contributed by atoms with Crippen molar-refractivity contribution in [3.8, 4) is 10.7 Å². The van der Waals surface area contributed by atoms with E-state index < -0.39 is 9.84 Å². The zero-order valence-corrected chi connectivity index (χ0v) is 20.1. The zero-order valence-electron chi connectivity index (χ0n) is 17.7. The van der Waals surface area contributed by atoms with Crippen LogP contribution in [0.25, 0.3) is 10.7 Å². The second-order valence-electron chi connectivity index (χ2n) is 8.24. The fraction of sp³-hybridized carbons (Fsp3) is 0.571. The number of carbonyl (C=O) groups excluding carboxylic acids is 1. The standard InChI is InChI=1S/C21H28N4O3S3/c1-3-8-25-20(18-11-15-10-14(4-2)5-6-17(15)30-18)23-24-21(25)29-12-19(26)22-16-7-9-31(27,28)13-16/h3,11,14,16H,1,4-10,12-13H2,2H3,(H,22,26)/t14-,16+/m0/s1. The summed E-state index contributed by atoms with van der Waals surface area (Å²) in [5.41, 5.74) is 1.44. The van der Waals surface area contributed by atoms with Crippen molar-refractivity contribution in [1.29, 1.82) is 0 Å². The number of aryl methyl sites for hydroxylation is 1. The number of rotatable bonds is 8. The molecule has 0 spiro atoms. The Hall–Kier alpha value is -1.65. The van der Waals surface area contributed by atoms with Crippen LogP contribution >= 0.6 is 23.1 Å². The van der Waals surface area contributed by atoms with E-state index in [0.717, 1.165) is 29.5 Å². The van der Waals surface area contributed by atoms with Gasteiger partial charge in [-0.15, -0.1) is 28.1 Å². The maximum Gasteiger partial charge on any atom is 0.230 e. The van der Waals surface area contributed by atoms with Crippen molar-refractivity contribution in [2.45, 2.75) is 56.8 Å². The Morgan fingerprint density at radius 1 is 1.42 bits per heavy atom. The molecular weight excluding hydrogens is 452 g/mol. The summed E-state index contributed by atoms with van der Waals surface area (Å²) in [6.45, 7) is 6.68. The van der Waals surface area contributed by atoms with Crippen molar-refractivity contribution >= 4 is 38.8 Å². The van der Waals surface area contributed by atoms with Crippen LogP contribution in [0.2, 0.25) is 0 Å². The minimum Gasteiger partial charge on any atom is -0.352 e. The molecule has 1 fully saturated rings. The summed E-state index contributed by atoms with van der Waals surface area (Å²) in [5, 5.41) is 12.3. The first-order valence-corrected chi connectivity index (χ1v) is 14.3. The highest BCUT2D eigenvalue weighted by molar-refractivity contribution is 7.99. The zero-order chi connectivity index (χ0) is 22.0. The summed E-state index contributed by atoms with van der Waals surface area (Å²) in [6.07, 6.45) is 7.02. The number of carbonyl (C=O) groups is 1. The van der Waals surface area contributed by atoms with Crippen molar-refractivity contribution < 1.29 is 13.2 Å². The van der Waals surface area contributed by atoms with E-state index in [-0.39, 0.29) is 29.2 Å². The van der Waals surface area contributed by atoms with E-state index >= 15 is 0 Å². The Labute approximate surface area is 191 Å². The molecule has 0 aromatic carbocycles. The molecule has 1 N–H and O–H groups in total. The summed E-state index contributed by atoms with van der Waals surface area (Å²) >= 11 is 3.11. The molecule has 168 valence electrons. The number of allylic oxidation sites excluding steroid dienone is 1. The maximum absolute atomic E-state index is 12.3. The fourth-order valence-electron chi connectivity index (χ4n) is 4.24. The lowest BCUT2D eigenvalue weighted by molar-refractivity contribution is -0.119. The van der Waals surface area contributed by atoms with Gasteiger partial charge in [-0.1, -0.05) is 31.2 Å². The summed E-state index contributed by atoms with van der Waals surface area (Å²) in [5.74, 6) is 1.75. The number of aromatic nitrogens is 3. The van der Waals surface area contributed by atoms with E-state index in [1.165, 1.54) is 35.0 Å². The number of thioether (sulfide) groups is 1. The van der Waals surface area contributed by atoms with Gasteiger partial charge in [-0.2, -0.15) is 0 Å². The van der Waals surface area contributed by atoms with E-state index in [1.807, 2.05) is 4.57 Å². The van der Waals surface area contributed by atoms with Crippen LogP contribution in [0.15, 0.2) is 23.9 Å². The lowest BCUT2D eigenvalue weighted by atomic mass is 9.87. The fourth-order valence-corrected chi connectivity index (χ4v) is 7.87. The van der Waals surface area contributed by atoms with Gasteiger partial charge in [0, 0.05) is 17.5 Å². The molecular formula is C21H28N4O3S3. The molecule has 1 amide bonds. The summed E-state index contributed by atoms with van der Waals surface area (Å²) < 4.78 is 25.2. The number of amides is 1. The molecule has 2 atom stereocenters. The van der Waals surface area contributed by atoms with Gasteiger partial charge in [-0.3, -0.25) is 9.36 Å². The Bertz CT molecular complexity index is 1070. The smallest absolute Gasteiger partial charge is 0.230 e.